The molecule has 3 aromatic carbocycles. The molecule has 4 aromatic rings. The average molecular weight is 572 g/mol. The van der Waals surface area contributed by atoms with Crippen molar-refractivity contribution in [3.05, 3.63) is 101 Å². The second kappa shape index (κ2) is 12.8. The second-order valence-electron chi connectivity index (χ2n) is 9.74. The summed E-state index contributed by atoms with van der Waals surface area (Å²) in [7, 11) is 3.09. The van der Waals surface area contributed by atoms with Crippen molar-refractivity contribution in [2.45, 2.75) is 26.0 Å². The first-order chi connectivity index (χ1) is 20.5. The summed E-state index contributed by atoms with van der Waals surface area (Å²) in [4.78, 5) is 28.8. The van der Waals surface area contributed by atoms with E-state index in [9.17, 15) is 14.7 Å². The fourth-order valence-electron chi connectivity index (χ4n) is 5.10. The summed E-state index contributed by atoms with van der Waals surface area (Å²) in [5, 5.41) is 11.7. The molecule has 1 unspecified atom stereocenters. The molecule has 0 saturated heterocycles. The number of ether oxygens (including phenoxy) is 4. The quantitative estimate of drug-likeness (QED) is 0.153. The summed E-state index contributed by atoms with van der Waals surface area (Å²) in [6.07, 6.45) is 0.506. The summed E-state index contributed by atoms with van der Waals surface area (Å²) < 4.78 is 28.5. The molecular formula is C33H33NO8. The van der Waals surface area contributed by atoms with Crippen LogP contribution in [-0.2, 0) is 16.1 Å². The molecule has 42 heavy (non-hydrogen) atoms. The molecule has 0 aliphatic carbocycles. The molecule has 1 N–H and O–H groups in total. The van der Waals surface area contributed by atoms with Gasteiger partial charge in [0.1, 0.15) is 6.61 Å². The number of Topliss-reactive ketones (excluding diaryl/α,β-unsaturated/α-hetero) is 1. The smallest absolute Gasteiger partial charge is 0.290 e. The fourth-order valence-corrected chi connectivity index (χ4v) is 5.10. The lowest BCUT2D eigenvalue weighted by atomic mass is 9.94. The first-order valence-corrected chi connectivity index (χ1v) is 13.7. The highest BCUT2D eigenvalue weighted by atomic mass is 16.5. The molecule has 1 atom stereocenters. The number of para-hydroxylation sites is 1. The van der Waals surface area contributed by atoms with E-state index < -0.39 is 23.5 Å². The Labute approximate surface area is 243 Å². The Morgan fingerprint density at radius 2 is 1.76 bits per heavy atom. The number of aliphatic hydroxyl groups excluding tert-OH is 1. The Balaban J connectivity index is 1.53. The lowest BCUT2D eigenvalue weighted by Gasteiger charge is -2.27. The van der Waals surface area contributed by atoms with E-state index in [-0.39, 0.29) is 17.9 Å². The van der Waals surface area contributed by atoms with Gasteiger partial charge in [-0.25, -0.2) is 0 Å². The standard InChI is InChI=1S/C33H33NO8/c1-4-40-26-18-22(14-15-24(26)41-20-21-10-6-5-7-11-21)29-28(31(36)33(37)34(29)16-9-17-38-2)30(35)27-19-23-12-8-13-25(39-3)32(23)42-27/h5-8,10-15,18-19,29,36H,4,9,16-17,20H2,1-3H3. The van der Waals surface area contributed by atoms with E-state index in [1.54, 1.807) is 49.6 Å². The normalized spacial score (nSPS) is 15.0. The first kappa shape index (κ1) is 28.8. The molecule has 1 aliphatic rings. The van der Waals surface area contributed by atoms with E-state index in [1.165, 1.54) is 12.0 Å². The molecule has 0 spiro atoms. The third kappa shape index (κ3) is 5.69. The number of hydrogen-bond acceptors (Lipinski definition) is 8. The maximum absolute atomic E-state index is 14.0. The minimum atomic E-state index is -0.889. The van der Waals surface area contributed by atoms with Crippen molar-refractivity contribution in [3.63, 3.8) is 0 Å². The van der Waals surface area contributed by atoms with E-state index in [2.05, 4.69) is 0 Å². The van der Waals surface area contributed by atoms with Gasteiger partial charge < -0.3 is 33.4 Å². The molecule has 1 aromatic heterocycles. The van der Waals surface area contributed by atoms with Gasteiger partial charge in [0.05, 0.1) is 25.3 Å². The molecule has 0 saturated carbocycles. The number of rotatable bonds is 13. The molecule has 0 bridgehead atoms. The number of benzene rings is 3. The first-order valence-electron chi connectivity index (χ1n) is 13.7. The van der Waals surface area contributed by atoms with Crippen molar-refractivity contribution in [2.24, 2.45) is 0 Å². The number of furan rings is 1. The summed E-state index contributed by atoms with van der Waals surface area (Å²) in [6, 6.07) is 21.0. The third-order valence-electron chi connectivity index (χ3n) is 7.07. The third-order valence-corrected chi connectivity index (χ3v) is 7.07. The Bertz CT molecular complexity index is 1610. The number of ketones is 1. The van der Waals surface area contributed by atoms with Gasteiger partial charge in [-0.2, -0.15) is 0 Å². The zero-order valence-corrected chi connectivity index (χ0v) is 23.8. The highest BCUT2D eigenvalue weighted by molar-refractivity contribution is 6.16. The minimum absolute atomic E-state index is 0.0135. The minimum Gasteiger partial charge on any atom is -0.503 e. The van der Waals surface area contributed by atoms with Crippen LogP contribution in [0.4, 0.5) is 0 Å². The number of hydrogen-bond donors (Lipinski definition) is 1. The van der Waals surface area contributed by atoms with Crippen LogP contribution >= 0.6 is 0 Å². The highest BCUT2D eigenvalue weighted by Gasteiger charge is 2.44. The second-order valence-corrected chi connectivity index (χ2v) is 9.74. The Hall–Kier alpha value is -4.76. The summed E-state index contributed by atoms with van der Waals surface area (Å²) in [5.74, 6) is -0.418. The van der Waals surface area contributed by atoms with Crippen LogP contribution in [0.1, 0.15) is 41.1 Å². The zero-order chi connectivity index (χ0) is 29.6. The maximum Gasteiger partial charge on any atom is 0.290 e. The van der Waals surface area contributed by atoms with E-state index in [0.717, 1.165) is 5.56 Å². The molecule has 1 amide bonds. The fraction of sp³-hybridized carbons (Fsp3) is 0.273. The predicted molar refractivity (Wildman–Crippen MR) is 156 cm³/mol. The lowest BCUT2D eigenvalue weighted by Crippen LogP contribution is -2.32. The van der Waals surface area contributed by atoms with Crippen molar-refractivity contribution in [1.29, 1.82) is 0 Å². The van der Waals surface area contributed by atoms with Crippen LogP contribution in [0.3, 0.4) is 0 Å². The average Bonchev–Trinajstić information content (AvgIpc) is 3.56. The van der Waals surface area contributed by atoms with E-state index in [0.29, 0.717) is 60.0 Å². The number of amides is 1. The molecule has 0 fully saturated rings. The van der Waals surface area contributed by atoms with Crippen molar-refractivity contribution in [2.75, 3.05) is 34.0 Å². The predicted octanol–water partition coefficient (Wildman–Crippen LogP) is 6.03. The van der Waals surface area contributed by atoms with Gasteiger partial charge in [0.2, 0.25) is 5.78 Å². The molecule has 2 heterocycles. The number of nitrogens with zero attached hydrogens (tertiary/aromatic N) is 1. The van der Waals surface area contributed by atoms with Crippen LogP contribution in [-0.4, -0.2) is 55.7 Å². The Kier molecular flexibility index (Phi) is 8.78. The van der Waals surface area contributed by atoms with Crippen molar-refractivity contribution in [1.82, 2.24) is 4.90 Å². The monoisotopic (exact) mass is 571 g/mol. The zero-order valence-electron chi connectivity index (χ0n) is 23.8. The van der Waals surface area contributed by atoms with Gasteiger partial charge in [0, 0.05) is 25.6 Å². The number of aliphatic hydroxyl groups is 1. The van der Waals surface area contributed by atoms with Crippen molar-refractivity contribution in [3.8, 4) is 17.2 Å². The van der Waals surface area contributed by atoms with Gasteiger partial charge in [0.25, 0.3) is 5.91 Å². The Morgan fingerprint density at radius 1 is 0.952 bits per heavy atom. The topological polar surface area (TPSA) is 108 Å². The molecule has 5 rings (SSSR count). The molecule has 9 nitrogen and oxygen atoms in total. The van der Waals surface area contributed by atoms with Crippen LogP contribution in [0.25, 0.3) is 11.0 Å². The lowest BCUT2D eigenvalue weighted by molar-refractivity contribution is -0.129. The van der Waals surface area contributed by atoms with Crippen LogP contribution in [0.5, 0.6) is 17.2 Å². The van der Waals surface area contributed by atoms with E-state index in [1.807, 2.05) is 37.3 Å². The Morgan fingerprint density at radius 3 is 2.50 bits per heavy atom. The maximum atomic E-state index is 14.0. The molecule has 0 radical (unpaired) electrons. The van der Waals surface area contributed by atoms with Crippen LogP contribution in [0, 0.1) is 0 Å². The van der Waals surface area contributed by atoms with E-state index in [4.69, 9.17) is 23.4 Å². The van der Waals surface area contributed by atoms with Crippen molar-refractivity contribution >= 4 is 22.7 Å². The van der Waals surface area contributed by atoms with Crippen molar-refractivity contribution < 1.29 is 38.1 Å². The number of fused-ring (bicyclic) bond motifs is 1. The van der Waals surface area contributed by atoms with Crippen LogP contribution < -0.4 is 14.2 Å². The van der Waals surface area contributed by atoms with Crippen LogP contribution in [0.2, 0.25) is 0 Å². The molecule has 218 valence electrons. The van der Waals surface area contributed by atoms with Gasteiger partial charge in [-0.05, 0) is 48.7 Å². The van der Waals surface area contributed by atoms with Gasteiger partial charge in [-0.1, -0.05) is 48.5 Å². The van der Waals surface area contributed by atoms with E-state index >= 15 is 0 Å². The molecule has 9 heteroatoms. The van der Waals surface area contributed by atoms with Crippen LogP contribution in [0.15, 0.2) is 88.5 Å². The van der Waals surface area contributed by atoms with Gasteiger partial charge >= 0.3 is 0 Å². The number of carbonyl (C=O) groups is 2. The summed E-state index contributed by atoms with van der Waals surface area (Å²) in [6.45, 7) is 3.23. The number of carbonyl (C=O) groups excluding carboxylic acids is 2. The molecular weight excluding hydrogens is 538 g/mol. The summed E-state index contributed by atoms with van der Waals surface area (Å²) in [5.41, 5.74) is 1.91. The van der Waals surface area contributed by atoms with Gasteiger partial charge in [-0.15, -0.1) is 0 Å². The SMILES string of the molecule is CCOc1cc(C2C(C(=O)c3cc4cccc(OC)c4o3)=C(O)C(=O)N2CCCOC)ccc1OCc1ccccc1. The largest absolute Gasteiger partial charge is 0.503 e. The van der Waals surface area contributed by atoms with Gasteiger partial charge in [-0.3, -0.25) is 9.59 Å². The van der Waals surface area contributed by atoms with Gasteiger partial charge in [0.15, 0.2) is 34.4 Å². The number of methoxy groups -OCH3 is 2. The molecule has 1 aliphatic heterocycles. The highest BCUT2D eigenvalue weighted by Crippen LogP contribution is 2.43. The summed E-state index contributed by atoms with van der Waals surface area (Å²) >= 11 is 0.